The standard InChI is InChI=1S/C22H18Br2N2/c23-15-5-1-13(2-6-15)19-11-25-21-10-18-20(12-26-22(18)9-17(19)21)14-3-7-16(24)8-4-14/h1-10,19-20,25-26H,11-12H2. The molecule has 0 bridgehead atoms. The fourth-order valence-electron chi connectivity index (χ4n) is 4.14. The average Bonchev–Trinajstić information content (AvgIpc) is 3.25. The quantitative estimate of drug-likeness (QED) is 0.458. The maximum atomic E-state index is 3.63. The molecule has 3 aromatic carbocycles. The van der Waals surface area contributed by atoms with Gasteiger partial charge < -0.3 is 10.6 Å². The molecule has 2 aliphatic rings. The lowest BCUT2D eigenvalue weighted by molar-refractivity contribution is 0.906. The van der Waals surface area contributed by atoms with Gasteiger partial charge in [-0.1, -0.05) is 56.1 Å². The minimum atomic E-state index is 0.414. The summed E-state index contributed by atoms with van der Waals surface area (Å²) in [5.74, 6) is 0.828. The number of hydrogen-bond acceptors (Lipinski definition) is 2. The normalized spacial score (nSPS) is 20.2. The van der Waals surface area contributed by atoms with Crippen LogP contribution in [0.5, 0.6) is 0 Å². The van der Waals surface area contributed by atoms with Crippen LogP contribution < -0.4 is 10.6 Å². The zero-order valence-corrected chi connectivity index (χ0v) is 17.3. The highest BCUT2D eigenvalue weighted by Crippen LogP contribution is 2.45. The Morgan fingerprint density at radius 1 is 0.615 bits per heavy atom. The molecule has 3 aromatic rings. The fraction of sp³-hybridized carbons (Fsp3) is 0.182. The average molecular weight is 470 g/mol. The molecule has 2 N–H and O–H groups in total. The van der Waals surface area contributed by atoms with E-state index < -0.39 is 0 Å². The number of hydrogen-bond donors (Lipinski definition) is 2. The van der Waals surface area contributed by atoms with Crippen molar-refractivity contribution in [3.63, 3.8) is 0 Å². The molecule has 2 heterocycles. The van der Waals surface area contributed by atoms with Crippen molar-refractivity contribution in [3.8, 4) is 0 Å². The first-order valence-corrected chi connectivity index (χ1v) is 10.4. The number of anilines is 2. The van der Waals surface area contributed by atoms with Crippen LogP contribution in [0.25, 0.3) is 0 Å². The van der Waals surface area contributed by atoms with E-state index in [9.17, 15) is 0 Å². The first-order chi connectivity index (χ1) is 12.7. The molecule has 2 nitrogen and oxygen atoms in total. The molecule has 0 saturated heterocycles. The van der Waals surface area contributed by atoms with Gasteiger partial charge in [0.05, 0.1) is 0 Å². The van der Waals surface area contributed by atoms with Gasteiger partial charge in [0.1, 0.15) is 0 Å². The Balaban J connectivity index is 1.52. The molecule has 26 heavy (non-hydrogen) atoms. The molecule has 2 atom stereocenters. The summed E-state index contributed by atoms with van der Waals surface area (Å²) in [4.78, 5) is 0. The topological polar surface area (TPSA) is 24.1 Å². The number of benzene rings is 3. The second-order valence-electron chi connectivity index (χ2n) is 7.00. The zero-order chi connectivity index (χ0) is 17.7. The lowest BCUT2D eigenvalue weighted by atomic mass is 9.89. The molecule has 130 valence electrons. The van der Waals surface area contributed by atoms with Crippen molar-refractivity contribution in [1.29, 1.82) is 0 Å². The molecule has 2 aliphatic heterocycles. The van der Waals surface area contributed by atoms with Gasteiger partial charge in [-0.3, -0.25) is 0 Å². The first-order valence-electron chi connectivity index (χ1n) is 8.85. The Labute approximate surface area is 170 Å². The van der Waals surface area contributed by atoms with Gasteiger partial charge in [0.2, 0.25) is 0 Å². The summed E-state index contributed by atoms with van der Waals surface area (Å²) in [5, 5.41) is 7.25. The van der Waals surface area contributed by atoms with Crippen LogP contribution in [-0.4, -0.2) is 13.1 Å². The van der Waals surface area contributed by atoms with Crippen molar-refractivity contribution < 1.29 is 0 Å². The van der Waals surface area contributed by atoms with Crippen LogP contribution in [0.4, 0.5) is 11.4 Å². The van der Waals surface area contributed by atoms with Gasteiger partial charge in [-0.05, 0) is 58.7 Å². The van der Waals surface area contributed by atoms with E-state index in [-0.39, 0.29) is 0 Å². The van der Waals surface area contributed by atoms with Gasteiger partial charge >= 0.3 is 0 Å². The van der Waals surface area contributed by atoms with E-state index in [1.165, 1.54) is 33.6 Å². The molecular formula is C22H18Br2N2. The van der Waals surface area contributed by atoms with Crippen LogP contribution in [0.15, 0.2) is 69.6 Å². The Morgan fingerprint density at radius 3 is 1.38 bits per heavy atom. The number of fused-ring (bicyclic) bond motifs is 2. The number of rotatable bonds is 2. The van der Waals surface area contributed by atoms with Crippen LogP contribution in [0.1, 0.15) is 34.1 Å². The summed E-state index contributed by atoms with van der Waals surface area (Å²) in [7, 11) is 0. The van der Waals surface area contributed by atoms with Gasteiger partial charge in [0.25, 0.3) is 0 Å². The van der Waals surface area contributed by atoms with E-state index in [0.29, 0.717) is 11.8 Å². The molecule has 0 radical (unpaired) electrons. The van der Waals surface area contributed by atoms with Crippen molar-refractivity contribution in [3.05, 3.63) is 91.9 Å². The summed E-state index contributed by atoms with van der Waals surface area (Å²) >= 11 is 7.06. The lowest BCUT2D eigenvalue weighted by Crippen LogP contribution is -2.04. The summed E-state index contributed by atoms with van der Waals surface area (Å²) in [6, 6.07) is 22.1. The van der Waals surface area contributed by atoms with E-state index in [4.69, 9.17) is 0 Å². The molecule has 0 aromatic heterocycles. The molecule has 0 fully saturated rings. The van der Waals surface area contributed by atoms with Crippen LogP contribution in [0, 0.1) is 0 Å². The molecule has 2 unspecified atom stereocenters. The summed E-state index contributed by atoms with van der Waals surface area (Å²) in [6.07, 6.45) is 0. The highest BCUT2D eigenvalue weighted by Gasteiger charge is 2.30. The predicted molar refractivity (Wildman–Crippen MR) is 115 cm³/mol. The van der Waals surface area contributed by atoms with Crippen molar-refractivity contribution >= 4 is 43.2 Å². The SMILES string of the molecule is Brc1ccc(C2CNc3cc4c(cc32)NCC4c2ccc(Br)cc2)cc1. The molecule has 0 spiro atoms. The molecule has 4 heteroatoms. The van der Waals surface area contributed by atoms with Crippen LogP contribution in [0.2, 0.25) is 0 Å². The third-order valence-electron chi connectivity index (χ3n) is 5.51. The Morgan fingerprint density at radius 2 is 1.00 bits per heavy atom. The third-order valence-corrected chi connectivity index (χ3v) is 6.57. The maximum absolute atomic E-state index is 3.63. The van der Waals surface area contributed by atoms with Crippen LogP contribution in [0.3, 0.4) is 0 Å². The molecule has 0 aliphatic carbocycles. The van der Waals surface area contributed by atoms with E-state index >= 15 is 0 Å². The number of nitrogens with one attached hydrogen (secondary N) is 2. The van der Waals surface area contributed by atoms with Gasteiger partial charge in [0, 0.05) is 45.2 Å². The minimum Gasteiger partial charge on any atom is -0.384 e. The van der Waals surface area contributed by atoms with E-state index in [0.717, 1.165) is 22.0 Å². The van der Waals surface area contributed by atoms with Crippen molar-refractivity contribution in [1.82, 2.24) is 0 Å². The largest absolute Gasteiger partial charge is 0.384 e. The smallest absolute Gasteiger partial charge is 0.0384 e. The second-order valence-corrected chi connectivity index (χ2v) is 8.83. The maximum Gasteiger partial charge on any atom is 0.0384 e. The van der Waals surface area contributed by atoms with Crippen LogP contribution in [-0.2, 0) is 0 Å². The van der Waals surface area contributed by atoms with Crippen molar-refractivity contribution in [2.45, 2.75) is 11.8 Å². The summed E-state index contributed by atoms with van der Waals surface area (Å²) < 4.78 is 2.25. The molecule has 0 saturated carbocycles. The zero-order valence-electron chi connectivity index (χ0n) is 14.1. The van der Waals surface area contributed by atoms with E-state index in [1.807, 2.05) is 0 Å². The van der Waals surface area contributed by atoms with Gasteiger partial charge in [0.15, 0.2) is 0 Å². The Bertz CT molecular complexity index is 883. The van der Waals surface area contributed by atoms with E-state index in [1.54, 1.807) is 0 Å². The van der Waals surface area contributed by atoms with Gasteiger partial charge in [-0.25, -0.2) is 0 Å². The third kappa shape index (κ3) is 2.76. The van der Waals surface area contributed by atoms with Gasteiger partial charge in [-0.2, -0.15) is 0 Å². The lowest BCUT2D eigenvalue weighted by Gasteiger charge is -2.14. The minimum absolute atomic E-state index is 0.414. The van der Waals surface area contributed by atoms with Gasteiger partial charge in [-0.15, -0.1) is 0 Å². The second kappa shape index (κ2) is 6.43. The summed E-state index contributed by atoms with van der Waals surface area (Å²) in [6.45, 7) is 1.92. The van der Waals surface area contributed by atoms with Crippen molar-refractivity contribution in [2.75, 3.05) is 23.7 Å². The Kier molecular flexibility index (Phi) is 4.06. The highest BCUT2D eigenvalue weighted by molar-refractivity contribution is 9.10. The van der Waals surface area contributed by atoms with Crippen LogP contribution >= 0.6 is 31.9 Å². The first kappa shape index (κ1) is 16.4. The molecule has 0 amide bonds. The monoisotopic (exact) mass is 468 g/mol. The summed E-state index contributed by atoms with van der Waals surface area (Å²) in [5.41, 5.74) is 8.08. The predicted octanol–water partition coefficient (Wildman–Crippen LogP) is 6.33. The molecular weight excluding hydrogens is 452 g/mol. The van der Waals surface area contributed by atoms with Crippen molar-refractivity contribution in [2.24, 2.45) is 0 Å². The fourth-order valence-corrected chi connectivity index (χ4v) is 4.67. The van der Waals surface area contributed by atoms with E-state index in [2.05, 4.69) is 103 Å². The molecule has 5 rings (SSSR count). The highest BCUT2D eigenvalue weighted by atomic mass is 79.9. The number of halogens is 2. The Hall–Kier alpha value is -1.78.